The summed E-state index contributed by atoms with van der Waals surface area (Å²) in [6, 6.07) is 18.4. The zero-order chi connectivity index (χ0) is 18.2. The Bertz CT molecular complexity index is 678. The molecule has 2 aromatic rings. The maximum Gasteiger partial charge on any atom is 0.338 e. The smallest absolute Gasteiger partial charge is 0.338 e. The number of carbonyl (C=O) groups excluding carboxylic acids is 1. The van der Waals surface area contributed by atoms with Gasteiger partial charge in [0, 0.05) is 25.6 Å². The lowest BCUT2D eigenvalue weighted by atomic mass is 9.90. The van der Waals surface area contributed by atoms with Crippen LogP contribution >= 0.6 is 0 Å². The van der Waals surface area contributed by atoms with Crippen LogP contribution in [0.15, 0.2) is 54.6 Å². The highest BCUT2D eigenvalue weighted by atomic mass is 16.5. The highest BCUT2D eigenvalue weighted by Gasteiger charge is 2.20. The SMILES string of the molecule is CCCOC(=O)c1ccc([C@@H](CN2CCOCC2)c2ccccc2)cc1. The number of esters is 1. The molecule has 1 aliphatic heterocycles. The van der Waals surface area contributed by atoms with Crippen LogP contribution in [-0.2, 0) is 9.47 Å². The number of hydrogen-bond acceptors (Lipinski definition) is 4. The average molecular weight is 353 g/mol. The van der Waals surface area contributed by atoms with Gasteiger partial charge in [-0.1, -0.05) is 49.4 Å². The van der Waals surface area contributed by atoms with Crippen LogP contribution in [0.25, 0.3) is 0 Å². The summed E-state index contributed by atoms with van der Waals surface area (Å²) >= 11 is 0. The van der Waals surface area contributed by atoms with Crippen molar-refractivity contribution in [3.63, 3.8) is 0 Å². The fourth-order valence-corrected chi connectivity index (χ4v) is 3.26. The zero-order valence-corrected chi connectivity index (χ0v) is 15.4. The molecule has 0 aromatic heterocycles. The van der Waals surface area contributed by atoms with E-state index in [1.54, 1.807) is 0 Å². The van der Waals surface area contributed by atoms with Gasteiger partial charge >= 0.3 is 5.97 Å². The summed E-state index contributed by atoms with van der Waals surface area (Å²) in [4.78, 5) is 14.5. The second-order valence-corrected chi connectivity index (χ2v) is 6.63. The Morgan fingerprint density at radius 2 is 1.69 bits per heavy atom. The Morgan fingerprint density at radius 3 is 2.35 bits per heavy atom. The van der Waals surface area contributed by atoms with E-state index in [1.807, 2.05) is 25.1 Å². The van der Waals surface area contributed by atoms with Crippen molar-refractivity contribution in [3.8, 4) is 0 Å². The predicted octanol–water partition coefficient (Wildman–Crippen LogP) is 3.72. The molecule has 1 heterocycles. The van der Waals surface area contributed by atoms with Gasteiger partial charge < -0.3 is 9.47 Å². The summed E-state index contributed by atoms with van der Waals surface area (Å²) in [7, 11) is 0. The summed E-state index contributed by atoms with van der Waals surface area (Å²) in [5, 5.41) is 0. The minimum absolute atomic E-state index is 0.247. The Morgan fingerprint density at radius 1 is 1.04 bits per heavy atom. The molecule has 1 aliphatic rings. The third-order valence-electron chi connectivity index (χ3n) is 4.73. The zero-order valence-electron chi connectivity index (χ0n) is 15.4. The molecular formula is C22H27NO3. The lowest BCUT2D eigenvalue weighted by molar-refractivity contribution is 0.0365. The Labute approximate surface area is 155 Å². The summed E-state index contributed by atoms with van der Waals surface area (Å²) < 4.78 is 10.7. The van der Waals surface area contributed by atoms with Crippen molar-refractivity contribution in [2.75, 3.05) is 39.5 Å². The molecule has 3 rings (SSSR count). The van der Waals surface area contributed by atoms with Gasteiger partial charge in [0.25, 0.3) is 0 Å². The van der Waals surface area contributed by atoms with Crippen molar-refractivity contribution >= 4 is 5.97 Å². The molecule has 138 valence electrons. The number of benzene rings is 2. The molecule has 0 amide bonds. The van der Waals surface area contributed by atoms with Gasteiger partial charge in [0.05, 0.1) is 25.4 Å². The number of carbonyl (C=O) groups is 1. The van der Waals surface area contributed by atoms with Gasteiger partial charge in [-0.05, 0) is 29.7 Å². The highest BCUT2D eigenvalue weighted by molar-refractivity contribution is 5.89. The largest absolute Gasteiger partial charge is 0.462 e. The summed E-state index contributed by atoms with van der Waals surface area (Å²) in [6.45, 7) is 6.92. The first kappa shape index (κ1) is 18.6. The molecule has 2 aromatic carbocycles. The van der Waals surface area contributed by atoms with Gasteiger partial charge in [-0.15, -0.1) is 0 Å². The quantitative estimate of drug-likeness (QED) is 0.711. The van der Waals surface area contributed by atoms with Crippen molar-refractivity contribution in [1.82, 2.24) is 4.90 Å². The van der Waals surface area contributed by atoms with E-state index in [0.29, 0.717) is 12.2 Å². The van der Waals surface area contributed by atoms with E-state index in [0.717, 1.165) is 39.3 Å². The molecular weight excluding hydrogens is 326 g/mol. The molecule has 0 N–H and O–H groups in total. The molecule has 4 nitrogen and oxygen atoms in total. The topological polar surface area (TPSA) is 38.8 Å². The number of nitrogens with zero attached hydrogens (tertiary/aromatic N) is 1. The third kappa shape index (κ3) is 4.93. The Hall–Kier alpha value is -2.17. The highest BCUT2D eigenvalue weighted by Crippen LogP contribution is 2.26. The monoisotopic (exact) mass is 353 g/mol. The fraction of sp³-hybridized carbons (Fsp3) is 0.409. The van der Waals surface area contributed by atoms with E-state index < -0.39 is 0 Å². The number of morpholine rings is 1. The van der Waals surface area contributed by atoms with E-state index in [9.17, 15) is 4.79 Å². The first-order chi connectivity index (χ1) is 12.8. The Kier molecular flexibility index (Phi) is 6.81. The number of hydrogen-bond donors (Lipinski definition) is 0. The van der Waals surface area contributed by atoms with Crippen LogP contribution in [0.4, 0.5) is 0 Å². The molecule has 1 fully saturated rings. The number of ether oxygens (including phenoxy) is 2. The van der Waals surface area contributed by atoms with E-state index in [1.165, 1.54) is 11.1 Å². The molecule has 0 saturated carbocycles. The summed E-state index contributed by atoms with van der Waals surface area (Å²) in [5.41, 5.74) is 3.12. The van der Waals surface area contributed by atoms with Crippen LogP contribution in [0.5, 0.6) is 0 Å². The summed E-state index contributed by atoms with van der Waals surface area (Å²) in [6.07, 6.45) is 0.833. The van der Waals surface area contributed by atoms with Crippen molar-refractivity contribution in [2.24, 2.45) is 0 Å². The van der Waals surface area contributed by atoms with Crippen LogP contribution < -0.4 is 0 Å². The van der Waals surface area contributed by atoms with Gasteiger partial charge in [-0.25, -0.2) is 4.79 Å². The van der Waals surface area contributed by atoms with Crippen LogP contribution in [0.1, 0.15) is 40.7 Å². The molecule has 1 saturated heterocycles. The predicted molar refractivity (Wildman–Crippen MR) is 103 cm³/mol. The van der Waals surface area contributed by atoms with Crippen molar-refractivity contribution < 1.29 is 14.3 Å². The van der Waals surface area contributed by atoms with E-state index >= 15 is 0 Å². The van der Waals surface area contributed by atoms with Crippen molar-refractivity contribution in [1.29, 1.82) is 0 Å². The molecule has 0 aliphatic carbocycles. The maximum absolute atomic E-state index is 12.0. The first-order valence-electron chi connectivity index (χ1n) is 9.40. The van der Waals surface area contributed by atoms with Crippen LogP contribution in [0, 0.1) is 0 Å². The molecule has 26 heavy (non-hydrogen) atoms. The molecule has 0 spiro atoms. The second kappa shape index (κ2) is 9.51. The van der Waals surface area contributed by atoms with Crippen molar-refractivity contribution in [2.45, 2.75) is 19.3 Å². The lowest BCUT2D eigenvalue weighted by Crippen LogP contribution is -2.39. The molecule has 0 radical (unpaired) electrons. The van der Waals surface area contributed by atoms with E-state index in [-0.39, 0.29) is 11.9 Å². The lowest BCUT2D eigenvalue weighted by Gasteiger charge is -2.31. The normalized spacial score (nSPS) is 16.2. The van der Waals surface area contributed by atoms with E-state index in [2.05, 4.69) is 41.3 Å². The van der Waals surface area contributed by atoms with Gasteiger partial charge in [0.1, 0.15) is 0 Å². The first-order valence-corrected chi connectivity index (χ1v) is 9.40. The maximum atomic E-state index is 12.0. The molecule has 0 bridgehead atoms. The van der Waals surface area contributed by atoms with E-state index in [4.69, 9.17) is 9.47 Å². The van der Waals surface area contributed by atoms with Gasteiger partial charge in [-0.2, -0.15) is 0 Å². The van der Waals surface area contributed by atoms with Crippen LogP contribution in [0.2, 0.25) is 0 Å². The van der Waals surface area contributed by atoms with Crippen LogP contribution in [0.3, 0.4) is 0 Å². The average Bonchev–Trinajstić information content (AvgIpc) is 2.72. The van der Waals surface area contributed by atoms with Crippen molar-refractivity contribution in [3.05, 3.63) is 71.3 Å². The minimum Gasteiger partial charge on any atom is -0.462 e. The second-order valence-electron chi connectivity index (χ2n) is 6.63. The molecule has 1 atom stereocenters. The minimum atomic E-state index is -0.247. The van der Waals surface area contributed by atoms with Crippen LogP contribution in [-0.4, -0.2) is 50.3 Å². The third-order valence-corrected chi connectivity index (χ3v) is 4.73. The fourth-order valence-electron chi connectivity index (χ4n) is 3.26. The van der Waals surface area contributed by atoms with Gasteiger partial charge in [-0.3, -0.25) is 4.90 Å². The summed E-state index contributed by atoms with van der Waals surface area (Å²) in [5.74, 6) is 0.0258. The number of rotatable bonds is 7. The van der Waals surface area contributed by atoms with Gasteiger partial charge in [0.15, 0.2) is 0 Å². The molecule has 0 unspecified atom stereocenters. The van der Waals surface area contributed by atoms with Gasteiger partial charge in [0.2, 0.25) is 0 Å². The molecule has 4 heteroatoms. The Balaban J connectivity index is 1.78. The standard InChI is InChI=1S/C22H27NO3/c1-2-14-26-22(24)20-10-8-19(9-11-20)21(18-6-4-3-5-7-18)17-23-12-15-25-16-13-23/h3-11,21H,2,12-17H2,1H3/t21-/m0/s1.